The quantitative estimate of drug-likeness (QED) is 0.892. The molecule has 1 amide bonds. The largest absolute Gasteiger partial charge is 0.490 e. The number of carbonyl (C=O) groups is 1. The van der Waals surface area contributed by atoms with Crippen LogP contribution in [0.25, 0.3) is 0 Å². The molecule has 6 nitrogen and oxygen atoms in total. The molecule has 0 saturated heterocycles. The average Bonchev–Trinajstić information content (AvgIpc) is 3.00. The van der Waals surface area contributed by atoms with Gasteiger partial charge in [0.1, 0.15) is 0 Å². The van der Waals surface area contributed by atoms with Gasteiger partial charge >= 0.3 is 0 Å². The van der Waals surface area contributed by atoms with Gasteiger partial charge in [-0.3, -0.25) is 4.79 Å². The number of rotatable bonds is 2. The van der Waals surface area contributed by atoms with Crippen molar-refractivity contribution >= 4 is 11.6 Å². The van der Waals surface area contributed by atoms with Gasteiger partial charge in [-0.1, -0.05) is 0 Å². The van der Waals surface area contributed by atoms with Gasteiger partial charge in [-0.15, -0.1) is 0 Å². The summed E-state index contributed by atoms with van der Waals surface area (Å²) in [6.07, 6.45) is 1.67. The first-order valence-corrected chi connectivity index (χ1v) is 8.82. The Balaban J connectivity index is 1.57. The molecule has 2 aliphatic heterocycles. The number of amides is 1. The lowest BCUT2D eigenvalue weighted by Crippen LogP contribution is -2.14. The summed E-state index contributed by atoms with van der Waals surface area (Å²) in [7, 11) is 0. The zero-order valence-electron chi connectivity index (χ0n) is 14.7. The molecular weight excluding hydrogens is 334 g/mol. The number of hydrogen-bond acceptors (Lipinski definition) is 5. The van der Waals surface area contributed by atoms with Crippen LogP contribution in [0.3, 0.4) is 0 Å². The monoisotopic (exact) mass is 355 g/mol. The fourth-order valence-electron chi connectivity index (χ4n) is 2.99. The molecule has 0 radical (unpaired) electrons. The van der Waals surface area contributed by atoms with E-state index < -0.39 is 0 Å². The van der Waals surface area contributed by atoms with Gasteiger partial charge in [0.15, 0.2) is 23.0 Å². The van der Waals surface area contributed by atoms with Crippen LogP contribution in [-0.4, -0.2) is 32.3 Å². The highest BCUT2D eigenvalue weighted by atomic mass is 16.5. The summed E-state index contributed by atoms with van der Waals surface area (Å²) < 4.78 is 22.7. The van der Waals surface area contributed by atoms with Crippen molar-refractivity contribution in [3.63, 3.8) is 0 Å². The zero-order valence-corrected chi connectivity index (χ0v) is 14.7. The third-order valence-corrected chi connectivity index (χ3v) is 4.34. The topological polar surface area (TPSA) is 66.0 Å². The second-order valence-electron chi connectivity index (χ2n) is 6.33. The van der Waals surface area contributed by atoms with Crippen molar-refractivity contribution in [3.8, 4) is 23.0 Å². The zero-order chi connectivity index (χ0) is 17.9. The van der Waals surface area contributed by atoms with Crippen molar-refractivity contribution in [2.75, 3.05) is 31.7 Å². The smallest absolute Gasteiger partial charge is 0.256 e. The van der Waals surface area contributed by atoms with Gasteiger partial charge in [-0.05, 0) is 36.8 Å². The molecule has 6 heteroatoms. The molecule has 0 aliphatic carbocycles. The van der Waals surface area contributed by atoms with E-state index in [-0.39, 0.29) is 5.91 Å². The highest BCUT2D eigenvalue weighted by Gasteiger charge is 2.18. The van der Waals surface area contributed by atoms with Crippen LogP contribution >= 0.6 is 0 Å². The Hall–Kier alpha value is -2.89. The number of fused-ring (bicyclic) bond motifs is 2. The van der Waals surface area contributed by atoms with E-state index in [4.69, 9.17) is 18.9 Å². The highest BCUT2D eigenvalue weighted by Crippen LogP contribution is 2.34. The molecule has 1 N–H and O–H groups in total. The molecule has 0 spiro atoms. The van der Waals surface area contributed by atoms with Crippen molar-refractivity contribution in [1.29, 1.82) is 0 Å². The van der Waals surface area contributed by atoms with E-state index in [2.05, 4.69) is 5.32 Å². The molecule has 26 heavy (non-hydrogen) atoms. The number of nitrogens with one attached hydrogen (secondary N) is 1. The first kappa shape index (κ1) is 16.6. The molecule has 2 aliphatic rings. The van der Waals surface area contributed by atoms with Gasteiger partial charge in [0.05, 0.1) is 26.4 Å². The van der Waals surface area contributed by atoms with Crippen LogP contribution in [0.4, 0.5) is 5.69 Å². The summed E-state index contributed by atoms with van der Waals surface area (Å²) in [6, 6.07) is 9.01. The number of anilines is 1. The van der Waals surface area contributed by atoms with Gasteiger partial charge in [0.25, 0.3) is 5.91 Å². The van der Waals surface area contributed by atoms with Crippen LogP contribution in [0.2, 0.25) is 0 Å². The fourth-order valence-corrected chi connectivity index (χ4v) is 2.99. The van der Waals surface area contributed by atoms with E-state index in [9.17, 15) is 4.79 Å². The van der Waals surface area contributed by atoms with Gasteiger partial charge in [-0.25, -0.2) is 0 Å². The van der Waals surface area contributed by atoms with Gasteiger partial charge in [0, 0.05) is 30.2 Å². The maximum atomic E-state index is 12.8. The van der Waals surface area contributed by atoms with Crippen molar-refractivity contribution in [2.45, 2.75) is 19.8 Å². The number of hydrogen-bond donors (Lipinski definition) is 1. The third-order valence-electron chi connectivity index (χ3n) is 4.34. The summed E-state index contributed by atoms with van der Waals surface area (Å²) in [5, 5.41) is 2.92. The minimum atomic E-state index is -0.201. The summed E-state index contributed by atoms with van der Waals surface area (Å²) in [5.74, 6) is 2.44. The maximum absolute atomic E-state index is 12.8. The molecule has 0 fully saturated rings. The number of benzene rings is 2. The molecule has 2 heterocycles. The summed E-state index contributed by atoms with van der Waals surface area (Å²) in [5.41, 5.74) is 2.05. The molecule has 0 bridgehead atoms. The number of carbonyl (C=O) groups excluding carboxylic acids is 1. The molecule has 2 aromatic carbocycles. The Morgan fingerprint density at radius 3 is 2.08 bits per heavy atom. The van der Waals surface area contributed by atoms with Crippen molar-refractivity contribution in [3.05, 3.63) is 41.5 Å². The first-order chi connectivity index (χ1) is 12.7. The van der Waals surface area contributed by atoms with Crippen molar-refractivity contribution in [1.82, 2.24) is 0 Å². The summed E-state index contributed by atoms with van der Waals surface area (Å²) in [4.78, 5) is 12.8. The van der Waals surface area contributed by atoms with Gasteiger partial charge in [0.2, 0.25) is 0 Å². The molecule has 0 aromatic heterocycles. The Morgan fingerprint density at radius 1 is 0.808 bits per heavy atom. The Bertz CT molecular complexity index is 833. The normalized spacial score (nSPS) is 15.6. The standard InChI is InChI=1S/C20H21NO5/c1-13-10-17-19(26-9-3-7-24-17)12-15(13)20(22)21-14-4-5-16-18(11-14)25-8-2-6-23-16/h4-5,10-12H,2-3,6-9H2,1H3,(H,21,22). The number of aryl methyl sites for hydroxylation is 1. The van der Waals surface area contributed by atoms with Crippen LogP contribution in [0.15, 0.2) is 30.3 Å². The van der Waals surface area contributed by atoms with E-state index in [0.29, 0.717) is 60.7 Å². The Morgan fingerprint density at radius 2 is 1.38 bits per heavy atom. The van der Waals surface area contributed by atoms with Crippen LogP contribution in [-0.2, 0) is 0 Å². The minimum Gasteiger partial charge on any atom is -0.490 e. The van der Waals surface area contributed by atoms with E-state index in [1.54, 1.807) is 12.1 Å². The lowest BCUT2D eigenvalue weighted by atomic mass is 10.1. The summed E-state index contributed by atoms with van der Waals surface area (Å²) >= 11 is 0. The first-order valence-electron chi connectivity index (χ1n) is 8.82. The maximum Gasteiger partial charge on any atom is 0.256 e. The van der Waals surface area contributed by atoms with E-state index in [1.807, 2.05) is 25.1 Å². The number of ether oxygens (including phenoxy) is 4. The van der Waals surface area contributed by atoms with E-state index >= 15 is 0 Å². The molecule has 2 aromatic rings. The fraction of sp³-hybridized carbons (Fsp3) is 0.350. The molecule has 136 valence electrons. The van der Waals surface area contributed by atoms with Crippen LogP contribution < -0.4 is 24.3 Å². The highest BCUT2D eigenvalue weighted by molar-refractivity contribution is 6.05. The lowest BCUT2D eigenvalue weighted by Gasteiger charge is -2.14. The van der Waals surface area contributed by atoms with Crippen LogP contribution in [0.5, 0.6) is 23.0 Å². The molecule has 0 saturated carbocycles. The second-order valence-corrected chi connectivity index (χ2v) is 6.33. The van der Waals surface area contributed by atoms with Gasteiger partial charge in [-0.2, -0.15) is 0 Å². The lowest BCUT2D eigenvalue weighted by molar-refractivity contribution is 0.102. The van der Waals surface area contributed by atoms with Crippen molar-refractivity contribution in [2.24, 2.45) is 0 Å². The SMILES string of the molecule is Cc1cc2c(cc1C(=O)Nc1ccc3c(c1)OCCCO3)OCCCO2. The summed E-state index contributed by atoms with van der Waals surface area (Å²) in [6.45, 7) is 4.33. The Labute approximate surface area is 152 Å². The minimum absolute atomic E-state index is 0.201. The Kier molecular flexibility index (Phi) is 4.56. The molecule has 0 atom stereocenters. The molecule has 0 unspecified atom stereocenters. The van der Waals surface area contributed by atoms with Crippen LogP contribution in [0, 0.1) is 6.92 Å². The second kappa shape index (κ2) is 7.15. The third kappa shape index (κ3) is 3.40. The van der Waals surface area contributed by atoms with E-state index in [0.717, 1.165) is 18.4 Å². The van der Waals surface area contributed by atoms with E-state index in [1.165, 1.54) is 0 Å². The molecular formula is C20H21NO5. The predicted octanol–water partition coefficient (Wildman–Crippen LogP) is 3.57. The van der Waals surface area contributed by atoms with Crippen LogP contribution in [0.1, 0.15) is 28.8 Å². The van der Waals surface area contributed by atoms with Gasteiger partial charge < -0.3 is 24.3 Å². The predicted molar refractivity (Wildman–Crippen MR) is 96.8 cm³/mol. The average molecular weight is 355 g/mol. The molecule has 4 rings (SSSR count). The van der Waals surface area contributed by atoms with Crippen molar-refractivity contribution < 1.29 is 23.7 Å².